The minimum absolute atomic E-state index is 0.446. The Kier molecular flexibility index (Phi) is 8.00. The van der Waals surface area contributed by atoms with Crippen molar-refractivity contribution in [2.45, 2.75) is 46.0 Å². The van der Waals surface area contributed by atoms with Gasteiger partial charge in [0.25, 0.3) is 0 Å². The molecule has 0 aliphatic carbocycles. The summed E-state index contributed by atoms with van der Waals surface area (Å²) in [5.74, 6) is 0.332. The maximum atomic E-state index is 10.2. The Morgan fingerprint density at radius 2 is 1.93 bits per heavy atom. The lowest BCUT2D eigenvalue weighted by Gasteiger charge is -2.09. The van der Waals surface area contributed by atoms with E-state index in [2.05, 4.69) is 19.2 Å². The molecule has 92 valence electrons. The first-order valence-corrected chi connectivity index (χ1v) is 7.17. The molecule has 1 unspecified atom stereocenters. The molecule has 0 aromatic rings. The normalized spacial score (nSPS) is 14.1. The molecule has 0 saturated heterocycles. The van der Waals surface area contributed by atoms with Crippen LogP contribution in [0.2, 0.25) is 0 Å². The van der Waals surface area contributed by atoms with Crippen molar-refractivity contribution in [3.8, 4) is 0 Å². The zero-order valence-electron chi connectivity index (χ0n) is 9.66. The van der Waals surface area contributed by atoms with Gasteiger partial charge in [0.1, 0.15) is 10.1 Å². The lowest BCUT2D eigenvalue weighted by Crippen LogP contribution is -2.23. The van der Waals surface area contributed by atoms with E-state index in [-0.39, 0.29) is 0 Å². The van der Waals surface area contributed by atoms with Crippen LogP contribution in [0.15, 0.2) is 0 Å². The molecule has 0 aromatic carbocycles. The van der Waals surface area contributed by atoms with Gasteiger partial charge in [0.15, 0.2) is 0 Å². The molecule has 0 bridgehead atoms. The lowest BCUT2D eigenvalue weighted by atomic mass is 10.0. The quantitative estimate of drug-likeness (QED) is 0.488. The number of rotatable bonds is 9. The van der Waals surface area contributed by atoms with E-state index in [0.717, 1.165) is 18.8 Å². The molecule has 0 aromatic heterocycles. The Labute approximate surface area is 93.2 Å². The molecule has 0 heterocycles. The molecule has 0 rings (SSSR count). The van der Waals surface area contributed by atoms with Gasteiger partial charge < -0.3 is 9.87 Å². The molecule has 0 radical (unpaired) electrons. The standard InChI is InChI=1S/C10H23NO3S/c1-3-10(2)7-5-4-6-8-11-9-15(12,13)14/h10-11H,3-9H2,1-2H3,(H,12,13,14)/p-1. The van der Waals surface area contributed by atoms with Gasteiger partial charge in [-0.1, -0.05) is 39.5 Å². The van der Waals surface area contributed by atoms with Crippen LogP contribution in [0.1, 0.15) is 46.0 Å². The summed E-state index contributed by atoms with van der Waals surface area (Å²) < 4.78 is 30.7. The highest BCUT2D eigenvalue weighted by Gasteiger charge is 1.98. The van der Waals surface area contributed by atoms with Gasteiger partial charge in [-0.15, -0.1) is 0 Å². The zero-order valence-corrected chi connectivity index (χ0v) is 10.5. The number of unbranched alkanes of at least 4 members (excludes halogenated alkanes) is 2. The molecule has 1 N–H and O–H groups in total. The monoisotopic (exact) mass is 236 g/mol. The fourth-order valence-corrected chi connectivity index (χ4v) is 1.72. The summed E-state index contributed by atoms with van der Waals surface area (Å²) in [4.78, 5) is 0. The van der Waals surface area contributed by atoms with Crippen LogP contribution in [-0.4, -0.2) is 25.4 Å². The number of nitrogens with one attached hydrogen (secondary N) is 1. The van der Waals surface area contributed by atoms with Gasteiger partial charge in [-0.25, -0.2) is 8.42 Å². The van der Waals surface area contributed by atoms with Crippen LogP contribution in [0, 0.1) is 5.92 Å². The summed E-state index contributed by atoms with van der Waals surface area (Å²) in [5, 5.41) is 2.63. The Morgan fingerprint density at radius 1 is 1.27 bits per heavy atom. The van der Waals surface area contributed by atoms with Crippen molar-refractivity contribution < 1.29 is 13.0 Å². The van der Waals surface area contributed by atoms with E-state index in [0.29, 0.717) is 6.54 Å². The molecular weight excluding hydrogens is 214 g/mol. The largest absolute Gasteiger partial charge is 0.747 e. The predicted octanol–water partition coefficient (Wildman–Crippen LogP) is 1.69. The Balaban J connectivity index is 3.19. The van der Waals surface area contributed by atoms with Crippen LogP contribution in [0.25, 0.3) is 0 Å². The molecule has 0 spiro atoms. The van der Waals surface area contributed by atoms with Crippen molar-refractivity contribution >= 4 is 10.1 Å². The molecule has 4 nitrogen and oxygen atoms in total. The summed E-state index contributed by atoms with van der Waals surface area (Å²) in [6, 6.07) is 0. The summed E-state index contributed by atoms with van der Waals surface area (Å²) >= 11 is 0. The Bertz CT molecular complexity index is 239. The van der Waals surface area contributed by atoms with E-state index < -0.39 is 16.0 Å². The van der Waals surface area contributed by atoms with Gasteiger partial charge >= 0.3 is 0 Å². The average Bonchev–Trinajstić information content (AvgIpc) is 2.14. The molecule has 15 heavy (non-hydrogen) atoms. The van der Waals surface area contributed by atoms with Crippen LogP contribution in [0.5, 0.6) is 0 Å². The second-order valence-corrected chi connectivity index (χ2v) is 5.47. The van der Waals surface area contributed by atoms with Crippen molar-refractivity contribution in [1.82, 2.24) is 5.32 Å². The van der Waals surface area contributed by atoms with E-state index in [1.807, 2.05) is 0 Å². The van der Waals surface area contributed by atoms with E-state index in [1.54, 1.807) is 0 Å². The first-order chi connectivity index (χ1) is 6.95. The lowest BCUT2D eigenvalue weighted by molar-refractivity contribution is 0.453. The Morgan fingerprint density at radius 3 is 2.47 bits per heavy atom. The summed E-state index contributed by atoms with van der Waals surface area (Å²) in [6.45, 7) is 5.04. The summed E-state index contributed by atoms with van der Waals surface area (Å²) in [7, 11) is -4.10. The molecule has 0 amide bonds. The van der Waals surface area contributed by atoms with Gasteiger partial charge in [-0.05, 0) is 18.9 Å². The van der Waals surface area contributed by atoms with Gasteiger partial charge in [-0.2, -0.15) is 0 Å². The molecule has 0 aliphatic rings. The van der Waals surface area contributed by atoms with Crippen molar-refractivity contribution in [2.75, 3.05) is 12.4 Å². The van der Waals surface area contributed by atoms with Crippen LogP contribution < -0.4 is 5.32 Å². The first-order valence-electron chi connectivity index (χ1n) is 5.60. The average molecular weight is 236 g/mol. The fourth-order valence-electron chi connectivity index (χ4n) is 1.32. The van der Waals surface area contributed by atoms with E-state index in [4.69, 9.17) is 0 Å². The van der Waals surface area contributed by atoms with Crippen molar-refractivity contribution in [3.63, 3.8) is 0 Å². The summed E-state index contributed by atoms with van der Waals surface area (Å²) in [6.07, 6.45) is 5.66. The van der Waals surface area contributed by atoms with Gasteiger partial charge in [0.2, 0.25) is 0 Å². The topological polar surface area (TPSA) is 69.2 Å². The molecule has 0 aliphatic heterocycles. The van der Waals surface area contributed by atoms with Crippen molar-refractivity contribution in [3.05, 3.63) is 0 Å². The highest BCUT2D eigenvalue weighted by atomic mass is 32.2. The van der Waals surface area contributed by atoms with Gasteiger partial charge in [0, 0.05) is 0 Å². The Hall–Kier alpha value is -0.130. The predicted molar refractivity (Wildman–Crippen MR) is 60.5 cm³/mol. The number of hydrogen-bond donors (Lipinski definition) is 1. The summed E-state index contributed by atoms with van der Waals surface area (Å²) in [5.41, 5.74) is 0. The smallest absolute Gasteiger partial charge is 0.108 e. The molecule has 0 fully saturated rings. The molecule has 1 atom stereocenters. The van der Waals surface area contributed by atoms with Crippen LogP contribution in [-0.2, 0) is 10.1 Å². The van der Waals surface area contributed by atoms with Gasteiger partial charge in [-0.3, -0.25) is 0 Å². The molecule has 5 heteroatoms. The first kappa shape index (κ1) is 14.9. The van der Waals surface area contributed by atoms with Crippen LogP contribution >= 0.6 is 0 Å². The zero-order chi connectivity index (χ0) is 11.7. The third-order valence-electron chi connectivity index (χ3n) is 2.53. The highest BCUT2D eigenvalue weighted by Crippen LogP contribution is 2.11. The van der Waals surface area contributed by atoms with Crippen molar-refractivity contribution in [2.24, 2.45) is 5.92 Å². The minimum atomic E-state index is -4.10. The maximum absolute atomic E-state index is 10.2. The third-order valence-corrected chi connectivity index (χ3v) is 3.08. The SMILES string of the molecule is CCC(C)CCCCCNCS(=O)(=O)[O-]. The van der Waals surface area contributed by atoms with Crippen LogP contribution in [0.3, 0.4) is 0 Å². The third kappa shape index (κ3) is 11.8. The second kappa shape index (κ2) is 8.07. The van der Waals surface area contributed by atoms with Crippen molar-refractivity contribution in [1.29, 1.82) is 0 Å². The van der Waals surface area contributed by atoms with E-state index >= 15 is 0 Å². The highest BCUT2D eigenvalue weighted by molar-refractivity contribution is 7.85. The molecular formula is C10H22NO3S-. The number of hydrogen-bond acceptors (Lipinski definition) is 4. The second-order valence-electron chi connectivity index (χ2n) is 4.06. The van der Waals surface area contributed by atoms with Gasteiger partial charge in [0.05, 0.1) is 5.88 Å². The molecule has 0 saturated carbocycles. The van der Waals surface area contributed by atoms with E-state index in [1.165, 1.54) is 19.3 Å². The minimum Gasteiger partial charge on any atom is -0.747 e. The maximum Gasteiger partial charge on any atom is 0.108 e. The van der Waals surface area contributed by atoms with E-state index in [9.17, 15) is 13.0 Å². The van der Waals surface area contributed by atoms with Crippen LogP contribution in [0.4, 0.5) is 0 Å². The fraction of sp³-hybridized carbons (Fsp3) is 1.00.